The Bertz CT molecular complexity index is 772. The van der Waals surface area contributed by atoms with E-state index in [1.165, 1.54) is 0 Å². The lowest BCUT2D eigenvalue weighted by atomic mass is 9.95. The van der Waals surface area contributed by atoms with Crippen molar-refractivity contribution < 1.29 is 8.42 Å². The van der Waals surface area contributed by atoms with E-state index in [0.29, 0.717) is 12.2 Å². The summed E-state index contributed by atoms with van der Waals surface area (Å²) in [7, 11) is -2.97. The molecule has 3 heterocycles. The van der Waals surface area contributed by atoms with E-state index >= 15 is 0 Å². The molecule has 3 rings (SSSR count). The second-order valence-electron chi connectivity index (χ2n) is 6.81. The molecule has 0 N–H and O–H groups in total. The molecule has 1 fully saturated rings. The van der Waals surface area contributed by atoms with E-state index in [2.05, 4.69) is 30.3 Å². The number of hydrogen-bond donors (Lipinski definition) is 0. The van der Waals surface area contributed by atoms with E-state index in [1.807, 2.05) is 12.1 Å². The molecule has 21 heavy (non-hydrogen) atoms. The maximum Gasteiger partial charge on any atom is 0.160 e. The zero-order valence-electron chi connectivity index (χ0n) is 12.7. The van der Waals surface area contributed by atoms with Gasteiger partial charge in [0, 0.05) is 11.6 Å². The Morgan fingerprint density at radius 2 is 2.10 bits per heavy atom. The molecule has 114 valence electrons. The largest absolute Gasteiger partial charge is 0.308 e. The van der Waals surface area contributed by atoms with E-state index < -0.39 is 9.84 Å². The van der Waals surface area contributed by atoms with Crippen LogP contribution < -0.4 is 0 Å². The molecule has 0 bridgehead atoms. The summed E-state index contributed by atoms with van der Waals surface area (Å²) in [5, 5.41) is 0. The number of rotatable bonds is 1. The van der Waals surface area contributed by atoms with Crippen LogP contribution in [0.1, 0.15) is 45.5 Å². The number of hydrogen-bond acceptors (Lipinski definition) is 4. The third-order valence-electron chi connectivity index (χ3n) is 3.92. The highest BCUT2D eigenvalue weighted by molar-refractivity contribution is 7.91. The third kappa shape index (κ3) is 2.69. The number of pyridine rings is 1. The number of nitrogens with zero attached hydrogens (tertiary/aromatic N) is 3. The maximum absolute atomic E-state index is 12.0. The molecule has 0 aliphatic carbocycles. The minimum atomic E-state index is -2.97. The predicted molar refractivity (Wildman–Crippen MR) is 83.2 cm³/mol. The van der Waals surface area contributed by atoms with Crippen molar-refractivity contribution >= 4 is 21.0 Å². The molecular formula is C15H21N3O2S. The summed E-state index contributed by atoms with van der Waals surface area (Å²) >= 11 is 0. The zero-order valence-corrected chi connectivity index (χ0v) is 13.5. The van der Waals surface area contributed by atoms with Crippen LogP contribution in [0.4, 0.5) is 0 Å². The molecule has 2 aromatic heterocycles. The maximum atomic E-state index is 12.0. The van der Waals surface area contributed by atoms with Gasteiger partial charge in [-0.25, -0.2) is 18.4 Å². The molecule has 0 spiro atoms. The highest BCUT2D eigenvalue weighted by Gasteiger charge is 2.32. The molecule has 2 aromatic rings. The monoisotopic (exact) mass is 307 g/mol. The minimum absolute atomic E-state index is 0.0575. The summed E-state index contributed by atoms with van der Waals surface area (Å²) in [6.45, 7) is 6.30. The predicted octanol–water partition coefficient (Wildman–Crippen LogP) is 2.48. The molecular weight excluding hydrogens is 286 g/mol. The van der Waals surface area contributed by atoms with Crippen LogP contribution in [0.5, 0.6) is 0 Å². The molecule has 0 radical (unpaired) electrons. The SMILES string of the molecule is CC(C)(C)c1nc2cccnc2n1C1CCCS(=O)(=O)C1. The molecule has 1 unspecified atom stereocenters. The van der Waals surface area contributed by atoms with Crippen LogP contribution in [0, 0.1) is 0 Å². The molecule has 0 amide bonds. The Morgan fingerprint density at radius 3 is 2.76 bits per heavy atom. The van der Waals surface area contributed by atoms with Crippen molar-refractivity contribution in [1.82, 2.24) is 14.5 Å². The second kappa shape index (κ2) is 4.80. The van der Waals surface area contributed by atoms with Gasteiger partial charge in [0.05, 0.1) is 17.5 Å². The summed E-state index contributed by atoms with van der Waals surface area (Å²) in [6, 6.07) is 3.74. The highest BCUT2D eigenvalue weighted by atomic mass is 32.2. The average molecular weight is 307 g/mol. The van der Waals surface area contributed by atoms with Crippen LogP contribution >= 0.6 is 0 Å². The normalized spacial score (nSPS) is 22.5. The van der Waals surface area contributed by atoms with Gasteiger partial charge in [0.1, 0.15) is 11.3 Å². The van der Waals surface area contributed by atoms with Gasteiger partial charge in [0.15, 0.2) is 15.5 Å². The van der Waals surface area contributed by atoms with Gasteiger partial charge in [0.25, 0.3) is 0 Å². The Hall–Kier alpha value is -1.43. The van der Waals surface area contributed by atoms with Crippen molar-refractivity contribution in [2.45, 2.75) is 45.1 Å². The standard InChI is InChI=1S/C15H21N3O2S/c1-15(2,3)14-17-12-7-4-8-16-13(12)18(14)11-6-5-9-21(19,20)10-11/h4,7-8,11H,5-6,9-10H2,1-3H3. The quantitative estimate of drug-likeness (QED) is 0.812. The van der Waals surface area contributed by atoms with Crippen LogP contribution in [-0.4, -0.2) is 34.5 Å². The Morgan fingerprint density at radius 1 is 1.33 bits per heavy atom. The van der Waals surface area contributed by atoms with Crippen LogP contribution in [0.25, 0.3) is 11.2 Å². The summed E-state index contributed by atoms with van der Waals surface area (Å²) < 4.78 is 26.1. The van der Waals surface area contributed by atoms with Crippen molar-refractivity contribution in [3.05, 3.63) is 24.2 Å². The van der Waals surface area contributed by atoms with Crippen LogP contribution in [0.15, 0.2) is 18.3 Å². The number of imidazole rings is 1. The molecule has 1 aliphatic rings. The summed E-state index contributed by atoms with van der Waals surface area (Å²) in [6.07, 6.45) is 3.32. The summed E-state index contributed by atoms with van der Waals surface area (Å²) in [5.74, 6) is 1.41. The van der Waals surface area contributed by atoms with Gasteiger partial charge in [0.2, 0.25) is 0 Å². The lowest BCUT2D eigenvalue weighted by Crippen LogP contribution is -2.31. The fraction of sp³-hybridized carbons (Fsp3) is 0.600. The van der Waals surface area contributed by atoms with Crippen molar-refractivity contribution in [2.75, 3.05) is 11.5 Å². The Labute approximate surface area is 125 Å². The van der Waals surface area contributed by atoms with E-state index in [-0.39, 0.29) is 17.2 Å². The van der Waals surface area contributed by atoms with E-state index in [0.717, 1.165) is 23.4 Å². The number of fused-ring (bicyclic) bond motifs is 1. The molecule has 5 nitrogen and oxygen atoms in total. The first-order chi connectivity index (χ1) is 9.78. The third-order valence-corrected chi connectivity index (χ3v) is 5.73. The second-order valence-corrected chi connectivity index (χ2v) is 9.04. The van der Waals surface area contributed by atoms with Crippen molar-refractivity contribution in [1.29, 1.82) is 0 Å². The molecule has 1 aliphatic heterocycles. The van der Waals surface area contributed by atoms with E-state index in [1.54, 1.807) is 6.20 Å². The van der Waals surface area contributed by atoms with Gasteiger partial charge in [-0.1, -0.05) is 20.8 Å². The van der Waals surface area contributed by atoms with Crippen molar-refractivity contribution in [3.63, 3.8) is 0 Å². The van der Waals surface area contributed by atoms with Gasteiger partial charge in [-0.3, -0.25) is 0 Å². The molecule has 6 heteroatoms. The van der Waals surface area contributed by atoms with Crippen LogP contribution in [-0.2, 0) is 15.3 Å². The molecule has 0 saturated carbocycles. The highest BCUT2D eigenvalue weighted by Crippen LogP contribution is 2.32. The molecule has 1 saturated heterocycles. The fourth-order valence-electron chi connectivity index (χ4n) is 3.01. The first-order valence-electron chi connectivity index (χ1n) is 7.32. The smallest absolute Gasteiger partial charge is 0.160 e. The van der Waals surface area contributed by atoms with Crippen LogP contribution in [0.2, 0.25) is 0 Å². The Balaban J connectivity index is 2.20. The topological polar surface area (TPSA) is 64.8 Å². The number of sulfone groups is 1. The average Bonchev–Trinajstić information content (AvgIpc) is 2.76. The lowest BCUT2D eigenvalue weighted by molar-refractivity contribution is 0.425. The van der Waals surface area contributed by atoms with Gasteiger partial charge in [-0.2, -0.15) is 0 Å². The zero-order chi connectivity index (χ0) is 15.3. The molecule has 0 aromatic carbocycles. The first kappa shape index (κ1) is 14.5. The van der Waals surface area contributed by atoms with Gasteiger partial charge >= 0.3 is 0 Å². The van der Waals surface area contributed by atoms with Crippen LogP contribution in [0.3, 0.4) is 0 Å². The fourth-order valence-corrected chi connectivity index (χ4v) is 4.68. The van der Waals surface area contributed by atoms with Gasteiger partial charge in [-0.05, 0) is 25.0 Å². The van der Waals surface area contributed by atoms with Gasteiger partial charge in [-0.15, -0.1) is 0 Å². The number of aromatic nitrogens is 3. The molecule has 1 atom stereocenters. The first-order valence-corrected chi connectivity index (χ1v) is 9.14. The summed E-state index contributed by atoms with van der Waals surface area (Å²) in [4.78, 5) is 9.16. The lowest BCUT2D eigenvalue weighted by Gasteiger charge is -2.28. The van der Waals surface area contributed by atoms with E-state index in [9.17, 15) is 8.42 Å². The summed E-state index contributed by atoms with van der Waals surface area (Å²) in [5.41, 5.74) is 1.48. The van der Waals surface area contributed by atoms with E-state index in [4.69, 9.17) is 4.98 Å². The Kier molecular flexibility index (Phi) is 3.31. The minimum Gasteiger partial charge on any atom is -0.308 e. The van der Waals surface area contributed by atoms with Crippen molar-refractivity contribution in [2.24, 2.45) is 0 Å². The van der Waals surface area contributed by atoms with Crippen molar-refractivity contribution in [3.8, 4) is 0 Å². The van der Waals surface area contributed by atoms with Gasteiger partial charge < -0.3 is 4.57 Å².